The molecule has 0 amide bonds. The van der Waals surface area contributed by atoms with E-state index in [0.717, 1.165) is 100 Å². The maximum absolute atomic E-state index is 5.34. The molecule has 0 aliphatic carbocycles. The Hall–Kier alpha value is -8.34. The summed E-state index contributed by atoms with van der Waals surface area (Å²) in [6.45, 7) is 0. The van der Waals surface area contributed by atoms with Crippen molar-refractivity contribution in [3.8, 4) is 89.8 Å². The summed E-state index contributed by atoms with van der Waals surface area (Å²) in [5, 5.41) is 2.14. The Morgan fingerprint density at radius 3 is 1.13 bits per heavy atom. The van der Waals surface area contributed by atoms with E-state index in [0.29, 0.717) is 5.82 Å². The molecule has 4 heteroatoms. The largest absolute Gasteiger partial charge is 0.245 e. The van der Waals surface area contributed by atoms with Crippen molar-refractivity contribution in [2.24, 2.45) is 0 Å². The molecule has 0 spiro atoms. The van der Waals surface area contributed by atoms with Crippen molar-refractivity contribution in [3.05, 3.63) is 231 Å². The smallest absolute Gasteiger partial charge is 0.160 e. The van der Waals surface area contributed by atoms with Crippen LogP contribution in [0.25, 0.3) is 112 Å². The average molecular weight is 791 g/mol. The van der Waals surface area contributed by atoms with E-state index < -0.39 is 0 Å². The summed E-state index contributed by atoms with van der Waals surface area (Å²) in [7, 11) is 0. The molecule has 3 heterocycles. The molecular formula is C58H38N4. The standard InChI is InChI=1S/C58H38N4/c1-5-13-39(14-6-1)40-25-31-49(32-26-40)58-61-54(45-19-11-4-12-20-45)38-55(62-58)47-29-23-42(24-30-47)41-21-27-46(28-22-41)53-37-51(43-15-7-2-8-16-43)50-35-33-48-34-36-52(44-17-9-3-10-18-44)59-56(48)57(50)60-53/h1-38H. The molecule has 3 aromatic heterocycles. The van der Waals surface area contributed by atoms with Gasteiger partial charge >= 0.3 is 0 Å². The first-order valence-corrected chi connectivity index (χ1v) is 20.9. The summed E-state index contributed by atoms with van der Waals surface area (Å²) >= 11 is 0. The summed E-state index contributed by atoms with van der Waals surface area (Å²) in [5.74, 6) is 0.693. The number of pyridine rings is 2. The van der Waals surface area contributed by atoms with Crippen LogP contribution < -0.4 is 0 Å². The molecule has 0 fully saturated rings. The van der Waals surface area contributed by atoms with Crippen LogP contribution in [0.4, 0.5) is 0 Å². The first kappa shape index (κ1) is 36.7. The second kappa shape index (κ2) is 16.0. The number of aromatic nitrogens is 4. The molecule has 0 atom stereocenters. The van der Waals surface area contributed by atoms with Gasteiger partial charge < -0.3 is 0 Å². The second-order valence-corrected chi connectivity index (χ2v) is 15.4. The topological polar surface area (TPSA) is 51.6 Å². The number of rotatable bonds is 8. The highest BCUT2D eigenvalue weighted by atomic mass is 14.9. The van der Waals surface area contributed by atoms with Crippen LogP contribution in [-0.4, -0.2) is 19.9 Å². The Morgan fingerprint density at radius 1 is 0.226 bits per heavy atom. The van der Waals surface area contributed by atoms with Gasteiger partial charge in [-0.05, 0) is 51.6 Å². The minimum absolute atomic E-state index is 0.693. The molecule has 0 radical (unpaired) electrons. The van der Waals surface area contributed by atoms with Crippen LogP contribution in [0.1, 0.15) is 0 Å². The maximum atomic E-state index is 5.34. The van der Waals surface area contributed by atoms with Gasteiger partial charge in [-0.15, -0.1) is 0 Å². The lowest BCUT2D eigenvalue weighted by molar-refractivity contribution is 1.18. The number of hydrogen-bond donors (Lipinski definition) is 0. The van der Waals surface area contributed by atoms with Crippen LogP contribution in [-0.2, 0) is 0 Å². The number of hydrogen-bond acceptors (Lipinski definition) is 4. The summed E-state index contributed by atoms with van der Waals surface area (Å²) in [6.07, 6.45) is 0. The molecule has 0 saturated heterocycles. The van der Waals surface area contributed by atoms with Crippen molar-refractivity contribution >= 4 is 21.8 Å². The van der Waals surface area contributed by atoms with E-state index in [1.807, 2.05) is 30.3 Å². The fourth-order valence-electron chi connectivity index (χ4n) is 8.24. The Balaban J connectivity index is 0.936. The zero-order valence-electron chi connectivity index (χ0n) is 33.7. The summed E-state index contributed by atoms with van der Waals surface area (Å²) in [5.41, 5.74) is 17.4. The van der Waals surface area contributed by atoms with Crippen molar-refractivity contribution in [2.75, 3.05) is 0 Å². The molecule has 4 nitrogen and oxygen atoms in total. The molecule has 0 unspecified atom stereocenters. The Morgan fingerprint density at radius 2 is 0.597 bits per heavy atom. The van der Waals surface area contributed by atoms with Crippen molar-refractivity contribution in [1.82, 2.24) is 19.9 Å². The summed E-state index contributed by atoms with van der Waals surface area (Å²) < 4.78 is 0. The predicted molar refractivity (Wildman–Crippen MR) is 256 cm³/mol. The van der Waals surface area contributed by atoms with Crippen LogP contribution in [0.2, 0.25) is 0 Å². The fraction of sp³-hybridized carbons (Fsp3) is 0. The highest BCUT2D eigenvalue weighted by molar-refractivity contribution is 6.09. The van der Waals surface area contributed by atoms with E-state index in [-0.39, 0.29) is 0 Å². The van der Waals surface area contributed by atoms with Crippen LogP contribution in [0, 0.1) is 0 Å². The van der Waals surface area contributed by atoms with Gasteiger partial charge in [0.2, 0.25) is 0 Å². The second-order valence-electron chi connectivity index (χ2n) is 15.4. The molecular weight excluding hydrogens is 753 g/mol. The quantitative estimate of drug-likeness (QED) is 0.144. The monoisotopic (exact) mass is 790 g/mol. The molecule has 0 N–H and O–H groups in total. The average Bonchev–Trinajstić information content (AvgIpc) is 3.37. The van der Waals surface area contributed by atoms with Gasteiger partial charge in [-0.25, -0.2) is 19.9 Å². The molecule has 0 bridgehead atoms. The predicted octanol–water partition coefficient (Wildman–Crippen LogP) is 14.9. The molecule has 0 aliphatic rings. The van der Waals surface area contributed by atoms with Crippen LogP contribution in [0.15, 0.2) is 231 Å². The summed E-state index contributed by atoms with van der Waals surface area (Å²) in [6, 6.07) is 80.4. The van der Waals surface area contributed by atoms with Crippen LogP contribution in [0.3, 0.4) is 0 Å². The fourth-order valence-corrected chi connectivity index (χ4v) is 8.24. The van der Waals surface area contributed by atoms with Gasteiger partial charge in [0.15, 0.2) is 5.82 Å². The van der Waals surface area contributed by atoms with Gasteiger partial charge in [0.25, 0.3) is 0 Å². The van der Waals surface area contributed by atoms with Gasteiger partial charge in [0, 0.05) is 38.6 Å². The first-order chi connectivity index (χ1) is 30.7. The van der Waals surface area contributed by atoms with Crippen LogP contribution in [0.5, 0.6) is 0 Å². The SMILES string of the molecule is c1ccc(-c2ccc(-c3nc(-c4ccccc4)cc(-c4ccc(-c5ccc(-c6cc(-c7ccccc7)c7ccc8ccc(-c9ccccc9)nc8c7n6)cc5)cc4)n3)cc2)cc1. The van der Waals surface area contributed by atoms with Gasteiger partial charge in [-0.3, -0.25) is 0 Å². The molecule has 290 valence electrons. The molecule has 0 saturated carbocycles. The maximum Gasteiger partial charge on any atom is 0.160 e. The van der Waals surface area contributed by atoms with E-state index in [2.05, 4.69) is 200 Å². The molecule has 11 rings (SSSR count). The van der Waals surface area contributed by atoms with Gasteiger partial charge in [0.05, 0.1) is 33.8 Å². The van der Waals surface area contributed by atoms with Crippen LogP contribution >= 0.6 is 0 Å². The van der Waals surface area contributed by atoms with E-state index in [4.69, 9.17) is 19.9 Å². The van der Waals surface area contributed by atoms with Crippen molar-refractivity contribution in [2.45, 2.75) is 0 Å². The van der Waals surface area contributed by atoms with Gasteiger partial charge in [-0.2, -0.15) is 0 Å². The number of fused-ring (bicyclic) bond motifs is 3. The lowest BCUT2D eigenvalue weighted by atomic mass is 9.96. The van der Waals surface area contributed by atoms with Crippen molar-refractivity contribution < 1.29 is 0 Å². The minimum atomic E-state index is 0.693. The number of nitrogens with zero attached hydrogens (tertiary/aromatic N) is 4. The third kappa shape index (κ3) is 7.20. The lowest BCUT2D eigenvalue weighted by Crippen LogP contribution is -1.96. The van der Waals surface area contributed by atoms with Gasteiger partial charge in [-0.1, -0.05) is 212 Å². The molecule has 62 heavy (non-hydrogen) atoms. The Kier molecular flexibility index (Phi) is 9.49. The third-order valence-electron chi connectivity index (χ3n) is 11.5. The van der Waals surface area contributed by atoms with Gasteiger partial charge in [0.1, 0.15) is 0 Å². The Bertz CT molecular complexity index is 3330. The highest BCUT2D eigenvalue weighted by Crippen LogP contribution is 2.37. The molecule has 11 aromatic rings. The molecule has 8 aromatic carbocycles. The van der Waals surface area contributed by atoms with E-state index in [1.54, 1.807) is 0 Å². The highest BCUT2D eigenvalue weighted by Gasteiger charge is 2.15. The van der Waals surface area contributed by atoms with Crippen molar-refractivity contribution in [1.29, 1.82) is 0 Å². The Labute approximate surface area is 360 Å². The summed E-state index contributed by atoms with van der Waals surface area (Å²) in [4.78, 5) is 20.7. The zero-order valence-corrected chi connectivity index (χ0v) is 33.7. The normalized spacial score (nSPS) is 11.2. The zero-order chi connectivity index (χ0) is 41.2. The van der Waals surface area contributed by atoms with E-state index >= 15 is 0 Å². The number of benzene rings is 8. The van der Waals surface area contributed by atoms with E-state index in [1.165, 1.54) is 5.56 Å². The first-order valence-electron chi connectivity index (χ1n) is 20.9. The lowest BCUT2D eigenvalue weighted by Gasteiger charge is -2.13. The third-order valence-corrected chi connectivity index (χ3v) is 11.5. The minimum Gasteiger partial charge on any atom is -0.245 e. The van der Waals surface area contributed by atoms with E-state index in [9.17, 15) is 0 Å². The van der Waals surface area contributed by atoms with Crippen molar-refractivity contribution in [3.63, 3.8) is 0 Å². The molecule has 0 aliphatic heterocycles.